The number of hydrogen-bond acceptors (Lipinski definition) is 2. The predicted molar refractivity (Wildman–Crippen MR) is 64.6 cm³/mol. The van der Waals surface area contributed by atoms with E-state index in [1.807, 2.05) is 30.3 Å². The molecule has 3 amide bonds. The number of hydrogen-bond donors (Lipinski definition) is 2. The van der Waals surface area contributed by atoms with Gasteiger partial charge in [0.25, 0.3) is 0 Å². The van der Waals surface area contributed by atoms with Crippen LogP contribution in [-0.2, 0) is 4.79 Å². The molecule has 5 nitrogen and oxygen atoms in total. The van der Waals surface area contributed by atoms with Crippen molar-refractivity contribution in [3.8, 4) is 0 Å². The van der Waals surface area contributed by atoms with Crippen LogP contribution in [0, 0.1) is 0 Å². The maximum absolute atomic E-state index is 11.6. The lowest BCUT2D eigenvalue weighted by atomic mass is 10.2. The van der Waals surface area contributed by atoms with E-state index in [1.54, 1.807) is 11.9 Å². The van der Waals surface area contributed by atoms with Crippen LogP contribution in [-0.4, -0.2) is 36.5 Å². The van der Waals surface area contributed by atoms with Crippen LogP contribution in [0.2, 0.25) is 0 Å². The zero-order chi connectivity index (χ0) is 12.3. The van der Waals surface area contributed by atoms with Crippen LogP contribution < -0.4 is 10.6 Å². The Balaban J connectivity index is 1.84. The first kappa shape index (κ1) is 11.4. The zero-order valence-electron chi connectivity index (χ0n) is 9.64. The van der Waals surface area contributed by atoms with Gasteiger partial charge in [0.1, 0.15) is 0 Å². The molecule has 0 saturated carbocycles. The highest BCUT2D eigenvalue weighted by atomic mass is 16.2. The Kier molecular flexibility index (Phi) is 3.27. The van der Waals surface area contributed by atoms with Crippen molar-refractivity contribution in [3.05, 3.63) is 30.3 Å². The average Bonchev–Trinajstić information content (AvgIpc) is 2.59. The molecule has 1 heterocycles. The minimum atomic E-state index is -0.274. The highest BCUT2D eigenvalue weighted by Crippen LogP contribution is 2.09. The summed E-state index contributed by atoms with van der Waals surface area (Å²) in [6.45, 7) is 0.570. The predicted octanol–water partition coefficient (Wildman–Crippen LogP) is 1.04. The quantitative estimate of drug-likeness (QED) is 0.801. The summed E-state index contributed by atoms with van der Waals surface area (Å²) < 4.78 is 0. The molecule has 1 atom stereocenters. The Hall–Kier alpha value is -2.04. The summed E-state index contributed by atoms with van der Waals surface area (Å²) in [6, 6.07) is 8.83. The van der Waals surface area contributed by atoms with Crippen molar-refractivity contribution in [1.82, 2.24) is 10.2 Å². The number of anilines is 1. The summed E-state index contributed by atoms with van der Waals surface area (Å²) in [7, 11) is 1.74. The smallest absolute Gasteiger partial charge is 0.319 e. The first-order chi connectivity index (χ1) is 8.15. The lowest BCUT2D eigenvalue weighted by Crippen LogP contribution is -2.39. The number of likely N-dealkylation sites (N-methyl/N-ethyl adjacent to an activating group) is 1. The van der Waals surface area contributed by atoms with E-state index in [1.165, 1.54) is 0 Å². The zero-order valence-corrected chi connectivity index (χ0v) is 9.64. The maximum atomic E-state index is 11.6. The van der Waals surface area contributed by atoms with Crippen LogP contribution in [0.3, 0.4) is 0 Å². The van der Waals surface area contributed by atoms with Gasteiger partial charge in [-0.15, -0.1) is 0 Å². The van der Waals surface area contributed by atoms with Crippen LogP contribution in [0.15, 0.2) is 30.3 Å². The first-order valence-electron chi connectivity index (χ1n) is 5.51. The molecule has 17 heavy (non-hydrogen) atoms. The van der Waals surface area contributed by atoms with Crippen molar-refractivity contribution < 1.29 is 9.59 Å². The second kappa shape index (κ2) is 4.86. The van der Waals surface area contributed by atoms with Crippen LogP contribution >= 0.6 is 0 Å². The number of nitrogens with zero attached hydrogens (tertiary/aromatic N) is 1. The summed E-state index contributed by atoms with van der Waals surface area (Å²) in [5, 5.41) is 5.49. The van der Waals surface area contributed by atoms with Crippen molar-refractivity contribution >= 4 is 17.6 Å². The summed E-state index contributed by atoms with van der Waals surface area (Å²) in [5.74, 6) is 0.0648. The third kappa shape index (κ3) is 2.96. The first-order valence-corrected chi connectivity index (χ1v) is 5.51. The van der Waals surface area contributed by atoms with Gasteiger partial charge >= 0.3 is 6.03 Å². The third-order valence-electron chi connectivity index (χ3n) is 2.71. The fourth-order valence-corrected chi connectivity index (χ4v) is 1.83. The average molecular weight is 233 g/mol. The van der Waals surface area contributed by atoms with Gasteiger partial charge in [-0.25, -0.2) is 4.79 Å². The van der Waals surface area contributed by atoms with Gasteiger partial charge < -0.3 is 15.5 Å². The molecule has 0 spiro atoms. The van der Waals surface area contributed by atoms with Crippen molar-refractivity contribution in [1.29, 1.82) is 0 Å². The Morgan fingerprint density at radius 1 is 1.35 bits per heavy atom. The number of benzene rings is 1. The Morgan fingerprint density at radius 3 is 2.65 bits per heavy atom. The van der Waals surface area contributed by atoms with Gasteiger partial charge in [-0.1, -0.05) is 18.2 Å². The Labute approximate surface area is 99.8 Å². The normalized spacial score (nSPS) is 19.2. The van der Waals surface area contributed by atoms with Gasteiger partial charge in [0, 0.05) is 25.7 Å². The molecule has 0 aromatic heterocycles. The number of carbonyl (C=O) groups is 2. The Bertz CT molecular complexity index is 419. The molecule has 1 fully saturated rings. The van der Waals surface area contributed by atoms with Crippen LogP contribution in [0.1, 0.15) is 6.42 Å². The minimum absolute atomic E-state index is 0.0648. The summed E-state index contributed by atoms with van der Waals surface area (Å²) in [5.41, 5.74) is 0.739. The van der Waals surface area contributed by atoms with E-state index in [-0.39, 0.29) is 18.0 Å². The van der Waals surface area contributed by atoms with Crippen molar-refractivity contribution in [2.24, 2.45) is 0 Å². The summed E-state index contributed by atoms with van der Waals surface area (Å²) >= 11 is 0. The molecule has 90 valence electrons. The molecule has 1 aliphatic rings. The van der Waals surface area contributed by atoms with Gasteiger partial charge in [-0.2, -0.15) is 0 Å². The molecule has 0 aliphatic carbocycles. The lowest BCUT2D eigenvalue weighted by Gasteiger charge is -2.13. The van der Waals surface area contributed by atoms with Crippen molar-refractivity contribution in [2.75, 3.05) is 18.9 Å². The number of amides is 3. The number of carbonyl (C=O) groups excluding carboxylic acids is 2. The lowest BCUT2D eigenvalue weighted by molar-refractivity contribution is -0.126. The molecule has 1 aromatic carbocycles. The molecule has 2 rings (SSSR count). The number of nitrogens with one attached hydrogen (secondary N) is 2. The van der Waals surface area contributed by atoms with E-state index < -0.39 is 0 Å². The molecule has 0 radical (unpaired) electrons. The standard InChI is InChI=1S/C12H15N3O2/c1-15-8-10(7-11(15)16)14-12(17)13-9-5-3-2-4-6-9/h2-6,10H,7-8H2,1H3,(H2,13,14,17). The van der Waals surface area contributed by atoms with Crippen molar-refractivity contribution in [3.63, 3.8) is 0 Å². The SMILES string of the molecule is CN1CC(NC(=O)Nc2ccccc2)CC1=O. The fraction of sp³-hybridized carbons (Fsp3) is 0.333. The highest BCUT2D eigenvalue weighted by molar-refractivity contribution is 5.90. The van der Waals surface area contributed by atoms with E-state index in [2.05, 4.69) is 10.6 Å². The molecule has 1 aromatic rings. The molecule has 0 bridgehead atoms. The van der Waals surface area contributed by atoms with Gasteiger partial charge in [0.2, 0.25) is 5.91 Å². The van der Waals surface area contributed by atoms with E-state index in [4.69, 9.17) is 0 Å². The molecule has 1 aliphatic heterocycles. The molecule has 1 unspecified atom stereocenters. The van der Waals surface area contributed by atoms with Gasteiger partial charge in [0.15, 0.2) is 0 Å². The maximum Gasteiger partial charge on any atom is 0.319 e. The second-order valence-corrected chi connectivity index (χ2v) is 4.14. The van der Waals surface area contributed by atoms with Crippen LogP contribution in [0.4, 0.5) is 10.5 Å². The van der Waals surface area contributed by atoms with E-state index in [0.29, 0.717) is 13.0 Å². The van der Waals surface area contributed by atoms with Crippen molar-refractivity contribution in [2.45, 2.75) is 12.5 Å². The van der Waals surface area contributed by atoms with Crippen LogP contribution in [0.25, 0.3) is 0 Å². The largest absolute Gasteiger partial charge is 0.344 e. The topological polar surface area (TPSA) is 61.4 Å². The summed E-state index contributed by atoms with van der Waals surface area (Å²) in [6.07, 6.45) is 0.374. The molecule has 1 saturated heterocycles. The number of rotatable bonds is 2. The Morgan fingerprint density at radius 2 is 2.06 bits per heavy atom. The summed E-state index contributed by atoms with van der Waals surface area (Å²) in [4.78, 5) is 24.5. The van der Waals surface area contributed by atoms with E-state index >= 15 is 0 Å². The fourth-order valence-electron chi connectivity index (χ4n) is 1.83. The van der Waals surface area contributed by atoms with Gasteiger partial charge in [-0.05, 0) is 12.1 Å². The van der Waals surface area contributed by atoms with Crippen LogP contribution in [0.5, 0.6) is 0 Å². The molecule has 2 N–H and O–H groups in total. The monoisotopic (exact) mass is 233 g/mol. The third-order valence-corrected chi connectivity index (χ3v) is 2.71. The number of likely N-dealkylation sites (tertiary alicyclic amines) is 1. The van der Waals surface area contributed by atoms with E-state index in [9.17, 15) is 9.59 Å². The van der Waals surface area contributed by atoms with Gasteiger partial charge in [-0.3, -0.25) is 4.79 Å². The number of para-hydroxylation sites is 1. The molecular formula is C12H15N3O2. The molecule has 5 heteroatoms. The highest BCUT2D eigenvalue weighted by Gasteiger charge is 2.27. The minimum Gasteiger partial charge on any atom is -0.344 e. The second-order valence-electron chi connectivity index (χ2n) is 4.14. The van der Waals surface area contributed by atoms with Gasteiger partial charge in [0.05, 0.1) is 6.04 Å². The van der Waals surface area contributed by atoms with E-state index in [0.717, 1.165) is 5.69 Å². The molecular weight excluding hydrogens is 218 g/mol. The number of urea groups is 1.